The molecule has 0 N–H and O–H groups in total. The monoisotopic (exact) mass is 367 g/mol. The number of hydrogen-bond donors (Lipinski definition) is 0. The summed E-state index contributed by atoms with van der Waals surface area (Å²) in [6, 6.07) is 7.89. The maximum absolute atomic E-state index is 12.1. The van der Waals surface area contributed by atoms with Crippen LogP contribution in [0.2, 0.25) is 0 Å². The van der Waals surface area contributed by atoms with Crippen LogP contribution in [0.25, 0.3) is 16.0 Å². The molecular formula is C18H17N5O2S. The molecule has 4 aromatic rings. The number of hydrogen-bond acceptors (Lipinski definition) is 7. The van der Waals surface area contributed by atoms with E-state index in [-0.39, 0.29) is 19.0 Å². The van der Waals surface area contributed by atoms with Gasteiger partial charge in [-0.2, -0.15) is 10.1 Å². The van der Waals surface area contributed by atoms with Crippen LogP contribution < -0.4 is 0 Å². The summed E-state index contributed by atoms with van der Waals surface area (Å²) in [7, 11) is 0. The topological polar surface area (TPSA) is 82.3 Å². The van der Waals surface area contributed by atoms with Gasteiger partial charge < -0.3 is 4.74 Å². The summed E-state index contributed by atoms with van der Waals surface area (Å²) in [5, 5.41) is 4.97. The highest BCUT2D eigenvalue weighted by molar-refractivity contribution is 7.18. The fourth-order valence-electron chi connectivity index (χ4n) is 2.94. The van der Waals surface area contributed by atoms with E-state index in [2.05, 4.69) is 20.1 Å². The van der Waals surface area contributed by atoms with Gasteiger partial charge in [-0.1, -0.05) is 12.1 Å². The number of ether oxygens (including phenoxy) is 1. The molecule has 0 saturated carbocycles. The second kappa shape index (κ2) is 6.80. The highest BCUT2D eigenvalue weighted by Crippen LogP contribution is 2.22. The zero-order chi connectivity index (χ0) is 18.1. The molecule has 0 fully saturated rings. The van der Waals surface area contributed by atoms with Crippen molar-refractivity contribution in [1.82, 2.24) is 24.6 Å². The van der Waals surface area contributed by atoms with Gasteiger partial charge in [0, 0.05) is 17.8 Å². The number of esters is 1. The van der Waals surface area contributed by atoms with E-state index in [1.807, 2.05) is 38.1 Å². The van der Waals surface area contributed by atoms with Crippen molar-refractivity contribution in [2.75, 3.05) is 0 Å². The zero-order valence-corrected chi connectivity index (χ0v) is 15.3. The molecule has 0 aliphatic carbocycles. The molecule has 0 bridgehead atoms. The molecule has 132 valence electrons. The Balaban J connectivity index is 1.39. The number of fused-ring (bicyclic) bond motifs is 2. The van der Waals surface area contributed by atoms with E-state index in [1.54, 1.807) is 15.9 Å². The molecule has 4 rings (SSSR count). The van der Waals surface area contributed by atoms with Crippen molar-refractivity contribution < 1.29 is 9.53 Å². The third-order valence-electron chi connectivity index (χ3n) is 4.26. The summed E-state index contributed by atoms with van der Waals surface area (Å²) in [6.45, 7) is 4.08. The molecule has 0 radical (unpaired) electrons. The van der Waals surface area contributed by atoms with Crippen LogP contribution in [-0.2, 0) is 22.6 Å². The lowest BCUT2D eigenvalue weighted by molar-refractivity contribution is -0.144. The van der Waals surface area contributed by atoms with Gasteiger partial charge in [-0.3, -0.25) is 4.79 Å². The summed E-state index contributed by atoms with van der Waals surface area (Å²) >= 11 is 1.54. The Hall–Kier alpha value is -2.87. The van der Waals surface area contributed by atoms with Gasteiger partial charge in [-0.25, -0.2) is 14.5 Å². The van der Waals surface area contributed by atoms with Gasteiger partial charge in [-0.05, 0) is 38.0 Å². The molecule has 26 heavy (non-hydrogen) atoms. The molecule has 0 amide bonds. The van der Waals surface area contributed by atoms with Crippen LogP contribution in [0.3, 0.4) is 0 Å². The van der Waals surface area contributed by atoms with E-state index in [1.165, 1.54) is 6.33 Å². The van der Waals surface area contributed by atoms with Gasteiger partial charge in [0.15, 0.2) is 0 Å². The number of carbonyl (C=O) groups is 1. The Bertz CT molecular complexity index is 1070. The third-order valence-corrected chi connectivity index (χ3v) is 5.27. The van der Waals surface area contributed by atoms with E-state index < -0.39 is 0 Å². The lowest BCUT2D eigenvalue weighted by atomic mass is 10.1. The largest absolute Gasteiger partial charge is 0.458 e. The Morgan fingerprint density at radius 1 is 1.23 bits per heavy atom. The van der Waals surface area contributed by atoms with Crippen LogP contribution in [0.15, 0.2) is 30.6 Å². The van der Waals surface area contributed by atoms with E-state index >= 15 is 0 Å². The van der Waals surface area contributed by atoms with Crippen molar-refractivity contribution in [2.24, 2.45) is 0 Å². The van der Waals surface area contributed by atoms with Crippen LogP contribution >= 0.6 is 11.3 Å². The summed E-state index contributed by atoms with van der Waals surface area (Å²) in [4.78, 5) is 25.1. The number of aryl methyl sites for hydroxylation is 2. The summed E-state index contributed by atoms with van der Waals surface area (Å²) in [5.74, 6) is 0.323. The first-order valence-electron chi connectivity index (χ1n) is 8.27. The maximum atomic E-state index is 12.1. The molecule has 0 atom stereocenters. The molecule has 3 heterocycles. The Morgan fingerprint density at radius 2 is 2.08 bits per heavy atom. The predicted molar refractivity (Wildman–Crippen MR) is 98.0 cm³/mol. The lowest BCUT2D eigenvalue weighted by Crippen LogP contribution is -2.10. The number of carbonyl (C=O) groups excluding carboxylic acids is 1. The van der Waals surface area contributed by atoms with Crippen molar-refractivity contribution in [2.45, 2.75) is 33.3 Å². The van der Waals surface area contributed by atoms with E-state index in [0.29, 0.717) is 12.2 Å². The van der Waals surface area contributed by atoms with Crippen molar-refractivity contribution in [1.29, 1.82) is 0 Å². The van der Waals surface area contributed by atoms with Crippen LogP contribution in [0, 0.1) is 13.8 Å². The number of para-hydroxylation sites is 1. The van der Waals surface area contributed by atoms with Crippen molar-refractivity contribution >= 4 is 33.3 Å². The number of nitrogens with zero attached hydrogens (tertiary/aromatic N) is 5. The zero-order valence-electron chi connectivity index (χ0n) is 14.5. The summed E-state index contributed by atoms with van der Waals surface area (Å²) < 4.78 is 8.17. The quantitative estimate of drug-likeness (QED) is 0.504. The number of aromatic nitrogens is 5. The Morgan fingerprint density at radius 3 is 2.92 bits per heavy atom. The first kappa shape index (κ1) is 16.6. The molecule has 0 saturated heterocycles. The molecular weight excluding hydrogens is 350 g/mol. The second-order valence-electron chi connectivity index (χ2n) is 5.97. The molecule has 0 aliphatic rings. The average Bonchev–Trinajstić information content (AvgIpc) is 3.25. The average molecular weight is 367 g/mol. The minimum atomic E-state index is -0.248. The molecule has 0 unspecified atom stereocenters. The number of rotatable bonds is 5. The van der Waals surface area contributed by atoms with Gasteiger partial charge >= 0.3 is 5.97 Å². The fourth-order valence-corrected chi connectivity index (χ4v) is 3.82. The normalized spacial score (nSPS) is 11.3. The fraction of sp³-hybridized carbons (Fsp3) is 0.278. The van der Waals surface area contributed by atoms with Gasteiger partial charge in [0.05, 0.1) is 10.2 Å². The van der Waals surface area contributed by atoms with Crippen LogP contribution in [0.5, 0.6) is 0 Å². The first-order chi connectivity index (χ1) is 12.6. The predicted octanol–water partition coefficient (Wildman–Crippen LogP) is 3.03. The van der Waals surface area contributed by atoms with E-state index in [4.69, 9.17) is 4.74 Å². The van der Waals surface area contributed by atoms with Crippen molar-refractivity contribution in [3.63, 3.8) is 0 Å². The standard InChI is InChI=1S/C18H17N5O2S/c1-11-13(12(2)23-18(21-11)19-10-20-23)7-8-17(24)25-9-16-22-14-5-3-4-6-15(14)26-16/h3-6,10H,7-9H2,1-2H3. The van der Waals surface area contributed by atoms with Gasteiger partial charge in [0.2, 0.25) is 0 Å². The van der Waals surface area contributed by atoms with Gasteiger partial charge in [0.1, 0.15) is 17.9 Å². The molecule has 1 aromatic carbocycles. The summed E-state index contributed by atoms with van der Waals surface area (Å²) in [5.41, 5.74) is 3.74. The van der Waals surface area contributed by atoms with E-state index in [9.17, 15) is 4.79 Å². The van der Waals surface area contributed by atoms with Crippen molar-refractivity contribution in [3.05, 3.63) is 52.6 Å². The number of benzene rings is 1. The highest BCUT2D eigenvalue weighted by atomic mass is 32.1. The Labute approximate surface area is 153 Å². The minimum absolute atomic E-state index is 0.205. The first-order valence-corrected chi connectivity index (χ1v) is 9.09. The molecule has 0 aliphatic heterocycles. The highest BCUT2D eigenvalue weighted by Gasteiger charge is 2.13. The molecule has 8 heteroatoms. The van der Waals surface area contributed by atoms with Crippen LogP contribution in [0.4, 0.5) is 0 Å². The molecule has 3 aromatic heterocycles. The minimum Gasteiger partial charge on any atom is -0.458 e. The van der Waals surface area contributed by atoms with Crippen molar-refractivity contribution in [3.8, 4) is 0 Å². The van der Waals surface area contributed by atoms with Crippen LogP contribution in [-0.4, -0.2) is 30.5 Å². The van der Waals surface area contributed by atoms with Gasteiger partial charge in [0.25, 0.3) is 5.78 Å². The van der Waals surface area contributed by atoms with E-state index in [0.717, 1.165) is 32.2 Å². The number of thiazole rings is 1. The van der Waals surface area contributed by atoms with Crippen LogP contribution in [0.1, 0.15) is 28.4 Å². The second-order valence-corrected chi connectivity index (χ2v) is 7.08. The Kier molecular flexibility index (Phi) is 4.34. The third kappa shape index (κ3) is 3.15. The molecule has 7 nitrogen and oxygen atoms in total. The molecule has 0 spiro atoms. The van der Waals surface area contributed by atoms with Gasteiger partial charge in [-0.15, -0.1) is 11.3 Å². The smallest absolute Gasteiger partial charge is 0.306 e. The lowest BCUT2D eigenvalue weighted by Gasteiger charge is -2.10. The SMILES string of the molecule is Cc1nc2ncnn2c(C)c1CCC(=O)OCc1nc2ccccc2s1. The maximum Gasteiger partial charge on any atom is 0.306 e. The summed E-state index contributed by atoms with van der Waals surface area (Å²) in [6.07, 6.45) is 2.32.